The van der Waals surface area contributed by atoms with Gasteiger partial charge in [-0.1, -0.05) is 122 Å². The zero-order chi connectivity index (χ0) is 35.2. The van der Waals surface area contributed by atoms with Gasteiger partial charge in [0, 0.05) is 13.0 Å². The van der Waals surface area contributed by atoms with Crippen LogP contribution >= 0.6 is 7.82 Å². The Bertz CT molecular complexity index is 833. The number of carbonyl (C=O) groups is 1. The molecule has 0 spiro atoms. The third kappa shape index (κ3) is 35.9. The second kappa shape index (κ2) is 36.8. The molecule has 0 fully saturated rings. The zero-order valence-electron chi connectivity index (χ0n) is 31.0. The van der Waals surface area contributed by atoms with Gasteiger partial charge in [-0.15, -0.1) is 0 Å². The van der Waals surface area contributed by atoms with Crippen LogP contribution in [0.4, 0.5) is 0 Å². The molecule has 282 valence electrons. The van der Waals surface area contributed by atoms with E-state index in [0.29, 0.717) is 6.42 Å². The van der Waals surface area contributed by atoms with Crippen LogP contribution in [0.2, 0.25) is 0 Å². The number of unbranched alkanes of at least 4 members (excludes halogenated alkanes) is 20. The molecule has 0 amide bonds. The van der Waals surface area contributed by atoms with Crippen LogP contribution in [0.1, 0.15) is 174 Å². The Labute approximate surface area is 295 Å². The molecule has 0 saturated carbocycles. The van der Waals surface area contributed by atoms with Gasteiger partial charge in [-0.05, 0) is 76.7 Å². The van der Waals surface area contributed by atoms with Crippen LogP contribution in [0.15, 0.2) is 36.6 Å². The highest BCUT2D eigenvalue weighted by atomic mass is 31.2. The number of ether oxygens (including phenoxy) is 2. The first-order valence-electron chi connectivity index (χ1n) is 19.5. The number of allylic oxidation sites excluding steroid dienone is 5. The van der Waals surface area contributed by atoms with Gasteiger partial charge in [-0.25, -0.2) is 4.57 Å². The Morgan fingerprint density at radius 3 is 1.56 bits per heavy atom. The molecule has 0 rings (SSSR count). The van der Waals surface area contributed by atoms with E-state index >= 15 is 0 Å². The summed E-state index contributed by atoms with van der Waals surface area (Å²) in [6, 6.07) is 0. The normalized spacial score (nSPS) is 13.9. The molecule has 2 atom stereocenters. The number of hydrogen-bond donors (Lipinski definition) is 2. The molecule has 0 aromatic rings. The zero-order valence-corrected chi connectivity index (χ0v) is 31.9. The minimum absolute atomic E-state index is 0.0241. The van der Waals surface area contributed by atoms with E-state index in [1.165, 1.54) is 103 Å². The molecule has 0 aliphatic heterocycles. The lowest BCUT2D eigenvalue weighted by atomic mass is 10.1. The van der Waals surface area contributed by atoms with Crippen LogP contribution in [-0.4, -0.2) is 43.3 Å². The molecule has 0 bridgehead atoms. The first kappa shape index (κ1) is 46.6. The molecule has 0 aliphatic carbocycles. The van der Waals surface area contributed by atoms with Gasteiger partial charge in [0.15, 0.2) is 6.10 Å². The van der Waals surface area contributed by atoms with Crippen LogP contribution in [0.25, 0.3) is 0 Å². The van der Waals surface area contributed by atoms with Crippen LogP contribution in [0.5, 0.6) is 0 Å². The summed E-state index contributed by atoms with van der Waals surface area (Å²) in [5.74, 6) is -0.366. The Hall–Kier alpha value is -1.44. The average Bonchev–Trinajstić information content (AvgIpc) is 3.07. The minimum Gasteiger partial charge on any atom is -0.498 e. The van der Waals surface area contributed by atoms with E-state index < -0.39 is 13.9 Å². The summed E-state index contributed by atoms with van der Waals surface area (Å²) in [5.41, 5.74) is 5.35. The lowest BCUT2D eigenvalue weighted by Crippen LogP contribution is -2.27. The second-order valence-electron chi connectivity index (χ2n) is 12.8. The number of phosphoric acid groups is 1. The second-order valence-corrected chi connectivity index (χ2v) is 14.3. The minimum atomic E-state index is -4.29. The fourth-order valence-electron chi connectivity index (χ4n) is 5.19. The van der Waals surface area contributed by atoms with Crippen LogP contribution in [-0.2, 0) is 27.9 Å². The van der Waals surface area contributed by atoms with Crippen molar-refractivity contribution in [1.29, 1.82) is 0 Å². The van der Waals surface area contributed by atoms with Gasteiger partial charge in [0.2, 0.25) is 0 Å². The van der Waals surface area contributed by atoms with Crippen LogP contribution in [0, 0.1) is 0 Å². The molecule has 1 unspecified atom stereocenters. The van der Waals surface area contributed by atoms with E-state index in [1.807, 2.05) is 6.08 Å². The Morgan fingerprint density at radius 1 is 0.625 bits per heavy atom. The van der Waals surface area contributed by atoms with Crippen molar-refractivity contribution in [3.63, 3.8) is 0 Å². The maximum Gasteiger partial charge on any atom is 0.472 e. The summed E-state index contributed by atoms with van der Waals surface area (Å²) in [5, 5.41) is 0. The predicted octanol–water partition coefficient (Wildman–Crippen LogP) is 11.4. The lowest BCUT2D eigenvalue weighted by molar-refractivity contribution is -0.153. The molecule has 9 heteroatoms. The molecular weight excluding hydrogens is 625 g/mol. The Balaban J connectivity index is 4.16. The Morgan fingerprint density at radius 2 is 1.06 bits per heavy atom. The summed E-state index contributed by atoms with van der Waals surface area (Å²) in [6.45, 7) is 4.19. The van der Waals surface area contributed by atoms with E-state index in [2.05, 4.69) is 38.2 Å². The molecule has 0 radical (unpaired) electrons. The lowest BCUT2D eigenvalue weighted by Gasteiger charge is -2.19. The average molecular weight is 700 g/mol. The van der Waals surface area contributed by atoms with Crippen molar-refractivity contribution in [2.45, 2.75) is 180 Å². The van der Waals surface area contributed by atoms with E-state index in [4.69, 9.17) is 24.3 Å². The maximum absolute atomic E-state index is 12.5. The predicted molar refractivity (Wildman–Crippen MR) is 201 cm³/mol. The standard InChI is InChI=1S/C39H74NO7P/c1-3-5-7-9-11-13-15-17-18-19-21-23-25-27-29-31-34-44-36-38(37-46-48(42,43)45-35-33-40)47-39(41)32-30-28-26-24-22-20-16-14-12-10-8-6-4-2/h14,16-18,31,34,38H,3-13,15,19-30,32-33,35-37,40H2,1-2H3,(H,42,43)/b16-14-,18-17-,34-31-/t38-/m1/s1. The maximum atomic E-state index is 12.5. The Kier molecular flexibility index (Phi) is 35.7. The topological polar surface area (TPSA) is 117 Å². The van der Waals surface area contributed by atoms with Crippen molar-refractivity contribution in [2.24, 2.45) is 5.73 Å². The molecule has 48 heavy (non-hydrogen) atoms. The number of esters is 1. The highest BCUT2D eigenvalue weighted by Crippen LogP contribution is 2.43. The quantitative estimate of drug-likeness (QED) is 0.0216. The molecule has 0 saturated heterocycles. The van der Waals surface area contributed by atoms with E-state index in [1.54, 1.807) is 6.26 Å². The molecule has 3 N–H and O–H groups in total. The van der Waals surface area contributed by atoms with Gasteiger partial charge in [0.1, 0.15) is 6.61 Å². The fourth-order valence-corrected chi connectivity index (χ4v) is 5.95. The third-order valence-corrected chi connectivity index (χ3v) is 9.08. The van der Waals surface area contributed by atoms with Gasteiger partial charge in [0.25, 0.3) is 0 Å². The van der Waals surface area contributed by atoms with Crippen molar-refractivity contribution in [1.82, 2.24) is 0 Å². The first-order valence-corrected chi connectivity index (χ1v) is 21.0. The van der Waals surface area contributed by atoms with Crippen molar-refractivity contribution in [2.75, 3.05) is 26.4 Å². The molecule has 8 nitrogen and oxygen atoms in total. The van der Waals surface area contributed by atoms with Crippen LogP contribution < -0.4 is 5.73 Å². The van der Waals surface area contributed by atoms with Crippen molar-refractivity contribution in [3.8, 4) is 0 Å². The number of phosphoric ester groups is 1. The van der Waals surface area contributed by atoms with Crippen molar-refractivity contribution < 1.29 is 32.8 Å². The number of nitrogens with two attached hydrogens (primary N) is 1. The van der Waals surface area contributed by atoms with Crippen molar-refractivity contribution in [3.05, 3.63) is 36.6 Å². The number of rotatable bonds is 37. The number of carbonyl (C=O) groups excluding carboxylic acids is 1. The van der Waals surface area contributed by atoms with Crippen LogP contribution in [0.3, 0.4) is 0 Å². The van der Waals surface area contributed by atoms with Gasteiger partial charge >= 0.3 is 13.8 Å². The highest BCUT2D eigenvalue weighted by molar-refractivity contribution is 7.47. The SMILES string of the molecule is CCCCCC/C=C\CCCCCCCC(=O)O[C@H](CO/C=C\CCCCCC/C=C\CCCCCCCC)COP(=O)(O)OCCN. The monoisotopic (exact) mass is 700 g/mol. The van der Waals surface area contributed by atoms with Gasteiger partial charge in [-0.2, -0.15) is 0 Å². The summed E-state index contributed by atoms with van der Waals surface area (Å²) < 4.78 is 33.0. The third-order valence-electron chi connectivity index (χ3n) is 8.09. The summed E-state index contributed by atoms with van der Waals surface area (Å²) in [6.07, 6.45) is 41.0. The van der Waals surface area contributed by atoms with Gasteiger partial charge in [0.05, 0.1) is 19.5 Å². The van der Waals surface area contributed by atoms with Gasteiger partial charge in [-0.3, -0.25) is 13.8 Å². The fraction of sp³-hybridized carbons (Fsp3) is 0.821. The molecule has 0 heterocycles. The summed E-state index contributed by atoms with van der Waals surface area (Å²) in [7, 11) is -4.29. The largest absolute Gasteiger partial charge is 0.498 e. The first-order chi connectivity index (χ1) is 23.4. The highest BCUT2D eigenvalue weighted by Gasteiger charge is 2.25. The van der Waals surface area contributed by atoms with Crippen molar-refractivity contribution >= 4 is 13.8 Å². The molecular formula is C39H74NO7P. The van der Waals surface area contributed by atoms with E-state index in [9.17, 15) is 14.3 Å². The summed E-state index contributed by atoms with van der Waals surface area (Å²) in [4.78, 5) is 22.3. The number of hydrogen-bond acceptors (Lipinski definition) is 7. The smallest absolute Gasteiger partial charge is 0.472 e. The molecule has 0 aliphatic rings. The summed E-state index contributed by atoms with van der Waals surface area (Å²) >= 11 is 0. The van der Waals surface area contributed by atoms with E-state index in [0.717, 1.165) is 51.4 Å². The molecule has 0 aromatic heterocycles. The molecule has 0 aromatic carbocycles. The van der Waals surface area contributed by atoms with E-state index in [-0.39, 0.29) is 32.3 Å². The van der Waals surface area contributed by atoms with Gasteiger partial charge < -0.3 is 20.1 Å².